The van der Waals surface area contributed by atoms with Gasteiger partial charge in [-0.15, -0.1) is 0 Å². The number of likely N-dealkylation sites (tertiary alicyclic amines) is 2. The summed E-state index contributed by atoms with van der Waals surface area (Å²) in [5, 5.41) is 0. The molecule has 2 amide bonds. The summed E-state index contributed by atoms with van der Waals surface area (Å²) in [5.41, 5.74) is 2.21. The molecule has 1 aromatic heterocycles. The first-order valence-electron chi connectivity index (χ1n) is 10.7. The summed E-state index contributed by atoms with van der Waals surface area (Å²) in [7, 11) is 0. The number of piperidine rings is 1. The van der Waals surface area contributed by atoms with Crippen LogP contribution in [0.4, 0.5) is 0 Å². The number of H-pyrrole nitrogens is 1. The molecule has 7 nitrogen and oxygen atoms in total. The minimum absolute atomic E-state index is 0.0847. The number of nitrogens with one attached hydrogen (secondary N) is 1. The van der Waals surface area contributed by atoms with Crippen molar-refractivity contribution >= 4 is 17.8 Å². The van der Waals surface area contributed by atoms with E-state index in [1.54, 1.807) is 27.7 Å². The van der Waals surface area contributed by atoms with Crippen LogP contribution in [0.5, 0.6) is 0 Å². The molecule has 0 aromatic carbocycles. The third kappa shape index (κ3) is 4.82. The summed E-state index contributed by atoms with van der Waals surface area (Å²) in [5.74, 6) is 0.120. The van der Waals surface area contributed by atoms with Crippen LogP contribution in [-0.2, 0) is 9.53 Å². The van der Waals surface area contributed by atoms with Crippen molar-refractivity contribution in [2.75, 3.05) is 26.2 Å². The lowest BCUT2D eigenvalue weighted by atomic mass is 9.92. The first-order chi connectivity index (χ1) is 13.8. The molecular weight excluding hydrogens is 370 g/mol. The van der Waals surface area contributed by atoms with Gasteiger partial charge in [0.15, 0.2) is 0 Å². The molecule has 0 saturated carbocycles. The number of rotatable bonds is 5. The molecule has 2 aliphatic rings. The molecule has 1 N–H and O–H groups in total. The van der Waals surface area contributed by atoms with E-state index in [1.807, 2.05) is 9.80 Å². The average Bonchev–Trinajstić information content (AvgIpc) is 3.29. The number of hydrogen-bond acceptors (Lipinski definition) is 4. The molecule has 2 aliphatic heterocycles. The summed E-state index contributed by atoms with van der Waals surface area (Å²) >= 11 is 0. The Balaban J connectivity index is 1.59. The Kier molecular flexibility index (Phi) is 6.65. The number of aryl methyl sites for hydroxylation is 1. The summed E-state index contributed by atoms with van der Waals surface area (Å²) < 4.78 is 5.31. The third-order valence-corrected chi connectivity index (χ3v) is 6.02. The highest BCUT2D eigenvalue weighted by atomic mass is 16.5. The van der Waals surface area contributed by atoms with E-state index < -0.39 is 5.97 Å². The van der Waals surface area contributed by atoms with Crippen LogP contribution in [0, 0.1) is 19.8 Å². The van der Waals surface area contributed by atoms with E-state index in [2.05, 4.69) is 4.98 Å². The normalized spacial score (nSPS) is 17.8. The quantitative estimate of drug-likeness (QED) is 0.766. The molecule has 0 radical (unpaired) electrons. The lowest BCUT2D eigenvalue weighted by molar-refractivity contribution is -0.131. The number of ether oxygens (including phenoxy) is 1. The molecule has 2 saturated heterocycles. The van der Waals surface area contributed by atoms with Crippen molar-refractivity contribution in [2.45, 2.75) is 65.9 Å². The van der Waals surface area contributed by atoms with E-state index in [4.69, 9.17) is 4.74 Å². The molecule has 3 rings (SSSR count). The van der Waals surface area contributed by atoms with E-state index in [9.17, 15) is 14.4 Å². The van der Waals surface area contributed by atoms with E-state index in [0.29, 0.717) is 47.9 Å². The van der Waals surface area contributed by atoms with Crippen LogP contribution in [0.2, 0.25) is 0 Å². The maximum atomic E-state index is 13.0. The number of esters is 1. The monoisotopic (exact) mass is 403 g/mol. The highest BCUT2D eigenvalue weighted by Gasteiger charge is 2.30. The number of aromatic amines is 1. The predicted molar refractivity (Wildman–Crippen MR) is 110 cm³/mol. The first kappa shape index (κ1) is 21.4. The number of hydrogen-bond donors (Lipinski definition) is 1. The SMILES string of the molecule is Cc1[nH]c(C(=O)N2CCC(CC(=O)N3CCCC3)CC2)c(C)c1C(=O)OC(C)C. The molecule has 0 atom stereocenters. The van der Waals surface area contributed by atoms with Gasteiger partial charge in [-0.3, -0.25) is 9.59 Å². The number of carbonyl (C=O) groups is 3. The van der Waals surface area contributed by atoms with E-state index in [0.717, 1.165) is 38.8 Å². The zero-order valence-electron chi connectivity index (χ0n) is 18.0. The second-order valence-corrected chi connectivity index (χ2v) is 8.61. The fraction of sp³-hybridized carbons (Fsp3) is 0.682. The fourth-order valence-electron chi connectivity index (χ4n) is 4.38. The number of aromatic nitrogens is 1. The standard InChI is InChI=1S/C22H33N3O4/c1-14(2)29-22(28)19-15(3)20(23-16(19)4)21(27)25-11-7-17(8-12-25)13-18(26)24-9-5-6-10-24/h14,17,23H,5-13H2,1-4H3. The Bertz CT molecular complexity index is 769. The fourth-order valence-corrected chi connectivity index (χ4v) is 4.38. The van der Waals surface area contributed by atoms with Crippen molar-refractivity contribution in [2.24, 2.45) is 5.92 Å². The van der Waals surface area contributed by atoms with Crippen LogP contribution in [0.25, 0.3) is 0 Å². The van der Waals surface area contributed by atoms with Crippen LogP contribution in [0.1, 0.15) is 78.1 Å². The zero-order valence-corrected chi connectivity index (χ0v) is 18.0. The van der Waals surface area contributed by atoms with E-state index >= 15 is 0 Å². The van der Waals surface area contributed by atoms with Gasteiger partial charge >= 0.3 is 5.97 Å². The van der Waals surface area contributed by atoms with Crippen molar-refractivity contribution in [1.82, 2.24) is 14.8 Å². The van der Waals surface area contributed by atoms with Crippen LogP contribution >= 0.6 is 0 Å². The minimum Gasteiger partial charge on any atom is -0.459 e. The molecule has 0 spiro atoms. The summed E-state index contributed by atoms with van der Waals surface area (Å²) in [6, 6.07) is 0. The van der Waals surface area contributed by atoms with Gasteiger partial charge in [-0.2, -0.15) is 0 Å². The Labute approximate surface area is 172 Å². The van der Waals surface area contributed by atoms with Gasteiger partial charge in [0.25, 0.3) is 5.91 Å². The number of amides is 2. The van der Waals surface area contributed by atoms with Crippen LogP contribution in [0.3, 0.4) is 0 Å². The van der Waals surface area contributed by atoms with Crippen LogP contribution in [0.15, 0.2) is 0 Å². The van der Waals surface area contributed by atoms with Crippen LogP contribution in [-0.4, -0.2) is 64.9 Å². The van der Waals surface area contributed by atoms with E-state index in [-0.39, 0.29) is 17.9 Å². The Morgan fingerprint density at radius 3 is 2.24 bits per heavy atom. The van der Waals surface area contributed by atoms with E-state index in [1.165, 1.54) is 0 Å². The maximum absolute atomic E-state index is 13.0. The highest BCUT2D eigenvalue weighted by molar-refractivity contribution is 6.00. The van der Waals surface area contributed by atoms with Gasteiger partial charge in [0.2, 0.25) is 5.91 Å². The second-order valence-electron chi connectivity index (χ2n) is 8.61. The third-order valence-electron chi connectivity index (χ3n) is 6.02. The molecule has 1 aromatic rings. The average molecular weight is 404 g/mol. The van der Waals surface area contributed by atoms with Gasteiger partial charge < -0.3 is 19.5 Å². The lowest BCUT2D eigenvalue weighted by Gasteiger charge is -2.32. The van der Waals surface area contributed by atoms with Crippen molar-refractivity contribution in [3.8, 4) is 0 Å². The smallest absolute Gasteiger partial charge is 0.340 e. The number of nitrogens with zero attached hydrogens (tertiary/aromatic N) is 2. The highest BCUT2D eigenvalue weighted by Crippen LogP contribution is 2.26. The summed E-state index contributed by atoms with van der Waals surface area (Å²) in [6.07, 6.45) is 4.28. The Morgan fingerprint density at radius 1 is 1.03 bits per heavy atom. The van der Waals surface area contributed by atoms with Gasteiger partial charge in [0.05, 0.1) is 11.7 Å². The Hall–Kier alpha value is -2.31. The first-order valence-corrected chi connectivity index (χ1v) is 10.7. The maximum Gasteiger partial charge on any atom is 0.340 e. The molecule has 0 aliphatic carbocycles. The minimum atomic E-state index is -0.399. The molecule has 29 heavy (non-hydrogen) atoms. The summed E-state index contributed by atoms with van der Waals surface area (Å²) in [6.45, 7) is 10.2. The van der Waals surface area contributed by atoms with Crippen molar-refractivity contribution in [3.63, 3.8) is 0 Å². The Morgan fingerprint density at radius 2 is 1.66 bits per heavy atom. The molecule has 160 valence electrons. The van der Waals surface area contributed by atoms with Crippen molar-refractivity contribution in [1.29, 1.82) is 0 Å². The lowest BCUT2D eigenvalue weighted by Crippen LogP contribution is -2.40. The largest absolute Gasteiger partial charge is 0.459 e. The predicted octanol–water partition coefficient (Wildman–Crippen LogP) is 3.06. The molecule has 3 heterocycles. The molecule has 0 bridgehead atoms. The van der Waals surface area contributed by atoms with Gasteiger partial charge in [-0.1, -0.05) is 0 Å². The van der Waals surface area contributed by atoms with Crippen LogP contribution < -0.4 is 0 Å². The van der Waals surface area contributed by atoms with Gasteiger partial charge in [0, 0.05) is 38.3 Å². The molecule has 0 unspecified atom stereocenters. The number of carbonyl (C=O) groups excluding carboxylic acids is 3. The van der Waals surface area contributed by atoms with Gasteiger partial charge in [-0.25, -0.2) is 4.79 Å². The second kappa shape index (κ2) is 9.01. The van der Waals surface area contributed by atoms with Gasteiger partial charge in [0.1, 0.15) is 5.69 Å². The van der Waals surface area contributed by atoms with Crippen molar-refractivity contribution in [3.05, 3.63) is 22.5 Å². The molecular formula is C22H33N3O4. The molecule has 7 heteroatoms. The summed E-state index contributed by atoms with van der Waals surface area (Å²) in [4.78, 5) is 44.7. The van der Waals surface area contributed by atoms with Gasteiger partial charge in [-0.05, 0) is 64.9 Å². The topological polar surface area (TPSA) is 82.7 Å². The zero-order chi connectivity index (χ0) is 21.1. The molecule has 2 fully saturated rings. The van der Waals surface area contributed by atoms with Crippen molar-refractivity contribution < 1.29 is 19.1 Å².